The van der Waals surface area contributed by atoms with E-state index in [1.807, 2.05) is 0 Å². The predicted octanol–water partition coefficient (Wildman–Crippen LogP) is 4.37. The van der Waals surface area contributed by atoms with Crippen molar-refractivity contribution in [2.45, 2.75) is 19.0 Å². The van der Waals surface area contributed by atoms with E-state index >= 15 is 0 Å². The minimum absolute atomic E-state index is 0.688. The maximum atomic E-state index is 12.9. The molecule has 0 aromatic heterocycles. The fraction of sp³-hybridized carbons (Fsp3) is 0.556. The van der Waals surface area contributed by atoms with Gasteiger partial charge in [-0.05, 0) is 6.42 Å². The summed E-state index contributed by atoms with van der Waals surface area (Å²) in [5, 5.41) is 0. The molecule has 0 atom stereocenters. The van der Waals surface area contributed by atoms with E-state index in [2.05, 4.69) is 19.2 Å². The van der Waals surface area contributed by atoms with E-state index in [9.17, 15) is 35.3 Å². The van der Waals surface area contributed by atoms with Crippen LogP contribution in [0.4, 0.5) is 35.3 Å². The second-order valence-corrected chi connectivity index (χ2v) is 3.12. The topological polar surface area (TPSA) is 36.9 Å². The zero-order chi connectivity index (χ0) is 16.5. The number of halogens is 8. The fourth-order valence-corrected chi connectivity index (χ4v) is 0.913. The van der Waals surface area contributed by atoms with E-state index in [4.69, 9.17) is 0 Å². The minimum atomic E-state index is -4.27. The van der Waals surface area contributed by atoms with Crippen LogP contribution >= 0.6 is 0 Å². The van der Waals surface area contributed by atoms with Crippen molar-refractivity contribution in [1.82, 2.24) is 0 Å². The van der Waals surface area contributed by atoms with Gasteiger partial charge in [0.25, 0.3) is 0 Å². The number of alkyl halides is 3. The van der Waals surface area contributed by atoms with E-state index in [1.165, 1.54) is 0 Å². The van der Waals surface area contributed by atoms with Crippen LogP contribution in [0.5, 0.6) is 0 Å². The van der Waals surface area contributed by atoms with E-state index in [0.29, 0.717) is 0 Å². The van der Waals surface area contributed by atoms with Gasteiger partial charge in [0, 0.05) is 4.53 Å². The van der Waals surface area contributed by atoms with Crippen molar-refractivity contribution in [3.05, 3.63) is 24.1 Å². The molecule has 21 heavy (non-hydrogen) atoms. The van der Waals surface area contributed by atoms with Crippen molar-refractivity contribution in [1.29, 1.82) is 0 Å². The molecule has 0 rings (SSSR count). The monoisotopic (exact) mass is 332 g/mol. The lowest BCUT2D eigenvalue weighted by Crippen LogP contribution is -2.21. The van der Waals surface area contributed by atoms with Gasteiger partial charge >= 0.3 is 30.2 Å². The highest BCUT2D eigenvalue weighted by Crippen LogP contribution is 2.28. The van der Waals surface area contributed by atoms with Gasteiger partial charge in [0.15, 0.2) is 0 Å². The number of rotatable bonds is 10. The van der Waals surface area contributed by atoms with Crippen molar-refractivity contribution in [2.75, 3.05) is 13.5 Å². The Labute approximate surface area is 112 Å². The SMILES string of the molecule is FCOC(OCCCC(F)(F)OC(OF)=C(F)F)=C(F)F. The maximum Gasteiger partial charge on any atom is 0.400 e. The summed E-state index contributed by atoms with van der Waals surface area (Å²) in [6.07, 6.45) is -11.7. The molecule has 0 aliphatic heterocycles. The summed E-state index contributed by atoms with van der Waals surface area (Å²) >= 11 is 0. The lowest BCUT2D eigenvalue weighted by molar-refractivity contribution is -0.279. The molecule has 0 fully saturated rings. The summed E-state index contributed by atoms with van der Waals surface area (Å²) in [6.45, 7) is -2.43. The highest BCUT2D eigenvalue weighted by molar-refractivity contribution is 4.84. The molecule has 0 heterocycles. The molecule has 0 saturated heterocycles. The van der Waals surface area contributed by atoms with Gasteiger partial charge in [-0.1, -0.05) is 0 Å². The smallest absolute Gasteiger partial charge is 0.400 e. The third kappa shape index (κ3) is 8.09. The molecular weight excluding hydrogens is 324 g/mol. The van der Waals surface area contributed by atoms with E-state index in [1.54, 1.807) is 0 Å². The van der Waals surface area contributed by atoms with Crippen molar-refractivity contribution in [3.8, 4) is 0 Å². The first kappa shape index (κ1) is 19.1. The molecule has 124 valence electrons. The van der Waals surface area contributed by atoms with Crippen molar-refractivity contribution in [3.63, 3.8) is 0 Å². The molecule has 0 aliphatic rings. The van der Waals surface area contributed by atoms with Crippen LogP contribution in [0, 0.1) is 0 Å². The van der Waals surface area contributed by atoms with Crippen molar-refractivity contribution >= 4 is 0 Å². The molecule has 0 aromatic carbocycles. The average Bonchev–Trinajstić information content (AvgIpc) is 2.39. The largest absolute Gasteiger partial charge is 0.461 e. The second kappa shape index (κ2) is 9.13. The third-order valence-corrected chi connectivity index (χ3v) is 1.65. The summed E-state index contributed by atoms with van der Waals surface area (Å²) in [6, 6.07) is 0. The van der Waals surface area contributed by atoms with Crippen LogP contribution in [-0.4, -0.2) is 19.6 Å². The number of ether oxygens (including phenoxy) is 3. The van der Waals surface area contributed by atoms with Gasteiger partial charge < -0.3 is 14.2 Å². The van der Waals surface area contributed by atoms with E-state index < -0.39 is 56.5 Å². The average molecular weight is 332 g/mol. The van der Waals surface area contributed by atoms with Crippen LogP contribution in [0.1, 0.15) is 12.8 Å². The molecule has 0 amide bonds. The predicted molar refractivity (Wildman–Crippen MR) is 49.0 cm³/mol. The van der Waals surface area contributed by atoms with Gasteiger partial charge in [0.05, 0.1) is 13.0 Å². The van der Waals surface area contributed by atoms with Gasteiger partial charge in [-0.15, -0.1) is 0 Å². The standard InChI is InChI=1S/C9H8F8O4/c10-4-19-7(5(11)12)18-3-1-2-9(15,16)20-8(21-17)6(13)14/h1-4H2. The molecule has 12 heteroatoms. The molecule has 0 N–H and O–H groups in total. The first-order chi connectivity index (χ1) is 9.73. The highest BCUT2D eigenvalue weighted by Gasteiger charge is 2.35. The molecule has 0 spiro atoms. The van der Waals surface area contributed by atoms with Crippen LogP contribution in [0.15, 0.2) is 24.1 Å². The highest BCUT2D eigenvalue weighted by atomic mass is 19.3. The van der Waals surface area contributed by atoms with Gasteiger partial charge in [-0.2, -0.15) is 26.3 Å². The Morgan fingerprint density at radius 3 is 1.90 bits per heavy atom. The zero-order valence-corrected chi connectivity index (χ0v) is 9.99. The molecule has 0 bridgehead atoms. The summed E-state index contributed by atoms with van der Waals surface area (Å²) in [7, 11) is 0. The Hall–Kier alpha value is -1.88. The van der Waals surface area contributed by atoms with Gasteiger partial charge in [-0.3, -0.25) is 0 Å². The molecule has 0 aliphatic carbocycles. The lowest BCUT2D eigenvalue weighted by atomic mass is 10.3. The molecule has 0 saturated carbocycles. The zero-order valence-electron chi connectivity index (χ0n) is 9.99. The van der Waals surface area contributed by atoms with Crippen LogP contribution in [0.25, 0.3) is 0 Å². The van der Waals surface area contributed by atoms with Gasteiger partial charge in [0.2, 0.25) is 6.86 Å². The summed E-state index contributed by atoms with van der Waals surface area (Å²) < 4.78 is 108. The Morgan fingerprint density at radius 2 is 1.48 bits per heavy atom. The Morgan fingerprint density at radius 1 is 0.905 bits per heavy atom. The van der Waals surface area contributed by atoms with Crippen LogP contribution in [0.3, 0.4) is 0 Å². The van der Waals surface area contributed by atoms with E-state index in [-0.39, 0.29) is 0 Å². The first-order valence-electron chi connectivity index (χ1n) is 5.01. The number of hydrogen-bond acceptors (Lipinski definition) is 4. The van der Waals surface area contributed by atoms with E-state index in [0.717, 1.165) is 0 Å². The van der Waals surface area contributed by atoms with Gasteiger partial charge in [0.1, 0.15) is 0 Å². The minimum Gasteiger partial charge on any atom is -0.461 e. The molecule has 4 nitrogen and oxygen atoms in total. The van der Waals surface area contributed by atoms with Gasteiger partial charge in [-0.25, -0.2) is 9.33 Å². The normalized spacial score (nSPS) is 10.7. The quantitative estimate of drug-likeness (QED) is 0.338. The third-order valence-electron chi connectivity index (χ3n) is 1.65. The van der Waals surface area contributed by atoms with Crippen LogP contribution in [0.2, 0.25) is 0 Å². The van der Waals surface area contributed by atoms with Crippen LogP contribution < -0.4 is 0 Å². The van der Waals surface area contributed by atoms with Crippen molar-refractivity contribution < 1.29 is 54.4 Å². The lowest BCUT2D eigenvalue weighted by Gasteiger charge is -2.16. The maximum absolute atomic E-state index is 12.9. The Bertz CT molecular complexity index is 376. The molecule has 0 unspecified atom stereocenters. The van der Waals surface area contributed by atoms with Crippen LogP contribution in [-0.2, 0) is 19.2 Å². The fourth-order valence-electron chi connectivity index (χ4n) is 0.913. The molecule has 0 aromatic rings. The summed E-state index contributed by atoms with van der Waals surface area (Å²) in [5.41, 5.74) is 0. The molecular formula is C9H8F8O4. The Kier molecular flexibility index (Phi) is 8.31. The number of hydrogen-bond donors (Lipinski definition) is 0. The molecule has 0 radical (unpaired) electrons. The first-order valence-corrected chi connectivity index (χ1v) is 5.01. The summed E-state index contributed by atoms with van der Waals surface area (Å²) in [5.74, 6) is -3.82. The second-order valence-electron chi connectivity index (χ2n) is 3.12. The summed E-state index contributed by atoms with van der Waals surface area (Å²) in [4.78, 5) is 2.38. The van der Waals surface area contributed by atoms with Crippen molar-refractivity contribution in [2.24, 2.45) is 0 Å². The Balaban J connectivity index is 4.27.